The number of imidazole rings is 3. The van der Waals surface area contributed by atoms with Crippen LogP contribution in [0.15, 0.2) is 118 Å². The molecule has 774 valence electrons. The molecule has 11 rings (SSSR count). The molecule has 8 aromatic rings. The first-order chi connectivity index (χ1) is 64.9. The van der Waals surface area contributed by atoms with E-state index >= 15 is 0 Å². The van der Waals surface area contributed by atoms with Crippen LogP contribution in [-0.2, 0) is 112 Å². The number of rotatable bonds is 25. The Labute approximate surface area is 814 Å². The minimum Gasteiger partial charge on any atom is -0.464 e. The number of nitrogens with zero attached hydrogens (tertiary/aromatic N) is 11. The van der Waals surface area contributed by atoms with Crippen molar-refractivity contribution in [1.29, 1.82) is 0 Å². The molecule has 3 aromatic heterocycles. The van der Waals surface area contributed by atoms with Gasteiger partial charge in [-0.25, -0.2) is 38.4 Å². The van der Waals surface area contributed by atoms with Gasteiger partial charge in [-0.05, 0) is 179 Å². The van der Waals surface area contributed by atoms with E-state index in [2.05, 4.69) is 26.0 Å². The van der Waals surface area contributed by atoms with Gasteiger partial charge in [-0.3, -0.25) is 107 Å². The van der Waals surface area contributed by atoms with E-state index in [4.69, 9.17) is 60.4 Å². The largest absolute Gasteiger partial charge is 0.513 e. The molecule has 5 aromatic carbocycles. The molecule has 4 atom stereocenters. The molecule has 3 fully saturated rings. The monoisotopic (exact) mass is 2030 g/mol. The highest BCUT2D eigenvalue weighted by atomic mass is 35.5. The summed E-state index contributed by atoms with van der Waals surface area (Å²) in [5.41, 5.74) is 8.41. The first kappa shape index (κ1) is 121. The number of aliphatic hydroxyl groups is 1. The van der Waals surface area contributed by atoms with Gasteiger partial charge in [0.15, 0.2) is 0 Å². The quantitative estimate of drug-likeness (QED) is 0.00297. The summed E-state index contributed by atoms with van der Waals surface area (Å²) >= 11 is 4.92. The Hall–Kier alpha value is -14.3. The van der Waals surface area contributed by atoms with Gasteiger partial charge in [0.05, 0.1) is 62.6 Å². The number of benzene rings is 5. The smallest absolute Gasteiger partial charge is 0.464 e. The third-order valence-electron chi connectivity index (χ3n) is 19.6. The summed E-state index contributed by atoms with van der Waals surface area (Å²) < 4.78 is 79.9. The summed E-state index contributed by atoms with van der Waals surface area (Å²) in [6.45, 7) is 17.9. The average Bonchev–Trinajstić information content (AvgIpc) is 1.62. The number of halogens is 4. The highest BCUT2D eigenvalue weighted by molar-refractivity contribution is 6.92. The lowest BCUT2D eigenvalue weighted by Gasteiger charge is -2.24. The van der Waals surface area contributed by atoms with E-state index in [0.717, 1.165) is 22.2 Å². The van der Waals surface area contributed by atoms with Gasteiger partial charge in [-0.2, -0.15) is 23.1 Å². The fraction of sp³-hybridized carbons (Fsp3) is 0.478. The number of piperidine rings is 3. The number of amides is 9. The number of carbonyl (C=O) groups is 14. The molecule has 46 nitrogen and oxygen atoms in total. The van der Waals surface area contributed by atoms with E-state index in [9.17, 15) is 110 Å². The number of aldehydes is 1. The van der Waals surface area contributed by atoms with Gasteiger partial charge in [-0.15, -0.1) is 0 Å². The Morgan fingerprint density at radius 3 is 1.10 bits per heavy atom. The van der Waals surface area contributed by atoms with Crippen LogP contribution in [0.2, 0.25) is 0 Å². The van der Waals surface area contributed by atoms with Crippen LogP contribution in [0.3, 0.4) is 0 Å². The molecule has 6 heterocycles. The van der Waals surface area contributed by atoms with E-state index in [-0.39, 0.29) is 152 Å². The molecule has 0 spiro atoms. The topological polar surface area (TPSA) is 584 Å². The molecule has 4 unspecified atom stereocenters. The van der Waals surface area contributed by atoms with Gasteiger partial charge in [0, 0.05) is 130 Å². The Kier molecular flexibility index (Phi) is 47.5. The number of ether oxygens (including phenoxy) is 8. The zero-order chi connectivity index (χ0) is 104. The molecule has 3 aliphatic heterocycles. The van der Waals surface area contributed by atoms with Crippen LogP contribution >= 0.6 is 21.5 Å². The number of aryl methyl sites for hydroxylation is 5. The second-order valence-electron chi connectivity index (χ2n) is 33.9. The van der Waals surface area contributed by atoms with Gasteiger partial charge in [-0.1, -0.05) is 25.6 Å². The van der Waals surface area contributed by atoms with Gasteiger partial charge >= 0.3 is 65.0 Å². The van der Waals surface area contributed by atoms with Crippen molar-refractivity contribution < 1.29 is 133 Å². The molecule has 51 heteroatoms. The fourth-order valence-corrected chi connectivity index (χ4v) is 12.8. The number of fused-ring (bicyclic) bond motifs is 3. The number of esters is 2. The van der Waals surface area contributed by atoms with Gasteiger partial charge in [0.1, 0.15) is 66.2 Å². The van der Waals surface area contributed by atoms with Gasteiger partial charge in [0.25, 0.3) is 11.4 Å². The van der Waals surface area contributed by atoms with Crippen LogP contribution in [0.4, 0.5) is 48.5 Å². The number of nitro groups is 2. The Morgan fingerprint density at radius 2 is 0.809 bits per heavy atom. The highest BCUT2D eigenvalue weighted by Crippen LogP contribution is 2.29. The summed E-state index contributed by atoms with van der Waals surface area (Å²) in [6, 6.07) is 24.2. The number of hydrogen-bond acceptors (Lipinski definition) is 32. The third-order valence-corrected chi connectivity index (χ3v) is 19.7. The van der Waals surface area contributed by atoms with E-state index in [1.54, 1.807) is 129 Å². The van der Waals surface area contributed by atoms with Crippen molar-refractivity contribution in [3.8, 4) is 11.5 Å². The second-order valence-corrected chi connectivity index (χ2v) is 34.2. The van der Waals surface area contributed by atoms with Crippen molar-refractivity contribution >= 4 is 150 Å². The number of non-ortho nitro benzene ring substituents is 2. The molecule has 0 radical (unpaired) electrons. The highest BCUT2D eigenvalue weighted by Gasteiger charge is 2.36. The van der Waals surface area contributed by atoms with Gasteiger partial charge in [0.2, 0.25) is 41.7 Å². The van der Waals surface area contributed by atoms with Gasteiger partial charge < -0.3 is 68.8 Å². The maximum absolute atomic E-state index is 12.8. The van der Waals surface area contributed by atoms with Crippen LogP contribution in [0, 0.1) is 20.2 Å². The normalized spacial score (nSPS) is 14.3. The van der Waals surface area contributed by atoms with E-state index < -0.39 is 111 Å². The lowest BCUT2D eigenvalue weighted by atomic mass is 10.1. The van der Waals surface area contributed by atoms with Crippen molar-refractivity contribution in [2.24, 2.45) is 26.9 Å². The average molecular weight is 2030 g/mol. The summed E-state index contributed by atoms with van der Waals surface area (Å²) in [5, 5.41) is 39.0. The van der Waals surface area contributed by atoms with Crippen LogP contribution in [0.5, 0.6) is 11.5 Å². The molecule has 7 N–H and O–H groups in total. The van der Waals surface area contributed by atoms with E-state index in [0.29, 0.717) is 79.5 Å². The molecular formula is C90H121ClF3N16O30P. The van der Waals surface area contributed by atoms with Crippen molar-refractivity contribution in [3.05, 3.63) is 172 Å². The number of aliphatic hydroxyl groups excluding tert-OH is 1. The van der Waals surface area contributed by atoms with Crippen molar-refractivity contribution in [3.63, 3.8) is 0 Å². The molecular weight excluding hydrogens is 1910 g/mol. The van der Waals surface area contributed by atoms with Crippen LogP contribution in [0.25, 0.3) is 33.1 Å². The third kappa shape index (κ3) is 39.1. The Bertz CT molecular complexity index is 5950. The lowest BCUT2D eigenvalue weighted by molar-refractivity contribution is -0.385. The standard InChI is InChI=1S/C24H32N4O7.C19H24N4O5.C15H20N2O7.C14H16N4O3.C8H17NO3.C7H4ClNO4.C2HF3O.CH4.H3P/c1-24(2,3)35-23(33)26(4)12-13-34-20(30)11-7-15-6-8-16-18(14-15)27(5)22(32)28(16)17-9-10-19(29)25-21(17)31;1-20-9-10-28-17(25)8-4-12-3-5-13-15(11-12)22(2)19(27)23(13)14-6-7-16(24)21-18(14)26;1-15(2,3)24-13(18)16(4)9-10-22-14(19)23-12-7-5-11(6-8-12)17(20)21;1-17-11-6-8(7-15)2-3-9(11)18(14(17)21)10-4-5-12(19)16-13(10)20;1-8(2,3)12-7(11)9(4)5-6-10;8-7(10)13-6-3-1-5(2-4-6)9(11)12;3-2(4,5)1-6;;/h6,8,14,17H,7,9-13H2,1-5H3,(H,25,29,31);3,5,11,14,20H,4,6-10H2,1-2H3,(H,21,24,26);5-8H,9-10H2,1-4H3;2-3,6,10H,4-5,7,15H2,1H3,(H,16,19,20);10H,5-6H2,1-4H3;1-4H;1H;1H4;1H3. The molecule has 3 aliphatic rings. The second kappa shape index (κ2) is 55.5. The molecule has 9 amide bonds. The number of likely N-dealkylation sites (N-methyl/N-ethyl adjacent to an activating group) is 4. The van der Waals surface area contributed by atoms with Crippen LogP contribution in [0.1, 0.15) is 156 Å². The molecule has 3 saturated heterocycles. The number of carbonyl (C=O) groups excluding carboxylic acids is 14. The maximum Gasteiger partial charge on any atom is 0.513 e. The SMILES string of the molecule is C.CN(CCO)C(=O)OC(C)(C)C.CN(CCOC(=O)CCc1ccc2c(c1)n(C)c(=O)n2C1CCC(=O)NC1=O)C(=O)OC(C)(C)C.CN(CCOC(=O)Oc1ccc([N+](=O)[O-])cc1)C(=O)OC(C)(C)C.CNCCOC(=O)CCc1ccc2c(c1)n(C)c(=O)n2C1CCC(=O)NC1=O.Cn1c(=O)n(C2CCC(=O)NC2=O)c2ccc(CN)cc21.O=C(Cl)Oc1ccc([N+](=O)[O-])cc1.O=CC(F)(F)F.P. The van der Waals surface area contributed by atoms with Crippen molar-refractivity contribution in [2.45, 2.75) is 182 Å². The lowest BCUT2D eigenvalue weighted by Crippen LogP contribution is -2.44. The van der Waals surface area contributed by atoms with Crippen LogP contribution < -0.4 is 53.5 Å². The summed E-state index contributed by atoms with van der Waals surface area (Å²) in [5.74, 6) is -2.72. The summed E-state index contributed by atoms with van der Waals surface area (Å²) in [7, 11) is 11.4. The Morgan fingerprint density at radius 1 is 0.504 bits per heavy atom. The predicted octanol–water partition coefficient (Wildman–Crippen LogP) is 9.05. The number of aromatic nitrogens is 6. The maximum atomic E-state index is 12.8. The Balaban J connectivity index is 0.000000442. The first-order valence-electron chi connectivity index (χ1n) is 42.9. The van der Waals surface area contributed by atoms with E-state index in [1.165, 1.54) is 97.7 Å². The van der Waals surface area contributed by atoms with Crippen molar-refractivity contribution in [1.82, 2.24) is 63.4 Å². The van der Waals surface area contributed by atoms with Crippen molar-refractivity contribution in [2.75, 3.05) is 80.8 Å². The first-order valence-corrected chi connectivity index (χ1v) is 43.2. The zero-order valence-electron chi connectivity index (χ0n) is 80.1. The summed E-state index contributed by atoms with van der Waals surface area (Å²) in [4.78, 5) is 221. The zero-order valence-corrected chi connectivity index (χ0v) is 82.2. The van der Waals surface area contributed by atoms with Crippen LogP contribution in [-0.4, -0.2) is 244 Å². The number of nitrogens with two attached hydrogens (primary N) is 1. The molecule has 0 aliphatic carbocycles. The molecule has 141 heavy (non-hydrogen) atoms. The molecule has 0 bridgehead atoms. The minimum absolute atomic E-state index is 0. The summed E-state index contributed by atoms with van der Waals surface area (Å²) in [6.07, 6.45) is -5.33. The predicted molar refractivity (Wildman–Crippen MR) is 510 cm³/mol. The number of nitrogens with one attached hydrogen (secondary N) is 4. The number of imide groups is 3. The van der Waals surface area contributed by atoms with E-state index in [1.807, 2.05) is 30.3 Å². The minimum atomic E-state index is -4.64. The number of hydrogen-bond donors (Lipinski definition) is 6. The number of alkyl halides is 3. The molecule has 0 saturated carbocycles. The fourth-order valence-electron chi connectivity index (χ4n) is 12.8. The number of nitro benzene ring substituents is 2.